The molecule has 0 aromatic heterocycles. The van der Waals surface area contributed by atoms with Gasteiger partial charge in [-0.15, -0.1) is 0 Å². The van der Waals surface area contributed by atoms with E-state index < -0.39 is 5.54 Å². The molecule has 396 valence electrons. The highest BCUT2D eigenvalue weighted by Crippen LogP contribution is 2.67. The number of rotatable bonds is 4. The molecule has 3 heterocycles. The first-order valence-corrected chi connectivity index (χ1v) is 29.0. The maximum atomic E-state index is 2.78. The number of benzene rings is 8. The van der Waals surface area contributed by atoms with Crippen LogP contribution in [0.4, 0.5) is 45.5 Å². The molecule has 3 nitrogen and oxygen atoms in total. The number of hydrogen-bond acceptors (Lipinski definition) is 3. The summed E-state index contributed by atoms with van der Waals surface area (Å²) in [6.45, 7) is 40.1. The summed E-state index contributed by atoms with van der Waals surface area (Å²) in [6, 6.07) is 65.3. The van der Waals surface area contributed by atoms with E-state index in [0.717, 1.165) is 12.8 Å². The normalized spacial score (nSPS) is 18.7. The van der Waals surface area contributed by atoms with Crippen molar-refractivity contribution in [2.45, 2.75) is 169 Å². The second kappa shape index (κ2) is 17.4. The minimum absolute atomic E-state index is 0.00424. The van der Waals surface area contributed by atoms with Gasteiger partial charge in [0.1, 0.15) is 0 Å². The molecular formula is C74H82BN3. The molecule has 2 unspecified atom stereocenters. The van der Waals surface area contributed by atoms with Crippen molar-refractivity contribution in [2.24, 2.45) is 0 Å². The first-order valence-electron chi connectivity index (χ1n) is 29.0. The predicted octanol–water partition coefficient (Wildman–Crippen LogP) is 17.9. The molecule has 0 saturated heterocycles. The van der Waals surface area contributed by atoms with Crippen LogP contribution in [0.15, 0.2) is 164 Å². The smallest absolute Gasteiger partial charge is 0.252 e. The van der Waals surface area contributed by atoms with Crippen molar-refractivity contribution in [2.75, 3.05) is 14.7 Å². The molecule has 2 atom stereocenters. The second-order valence-corrected chi connectivity index (χ2v) is 28.9. The molecule has 12 rings (SSSR count). The van der Waals surface area contributed by atoms with Crippen molar-refractivity contribution in [1.82, 2.24) is 0 Å². The van der Waals surface area contributed by atoms with Gasteiger partial charge in [0.2, 0.25) is 0 Å². The van der Waals surface area contributed by atoms with Crippen LogP contribution in [0.1, 0.15) is 173 Å². The van der Waals surface area contributed by atoms with Crippen molar-refractivity contribution in [3.05, 3.63) is 219 Å². The van der Waals surface area contributed by atoms with Crippen LogP contribution < -0.4 is 31.1 Å². The lowest BCUT2D eigenvalue weighted by Crippen LogP contribution is -2.61. The molecule has 0 spiro atoms. The summed E-state index contributed by atoms with van der Waals surface area (Å²) in [4.78, 5) is 8.07. The lowest BCUT2D eigenvalue weighted by atomic mass is 9.33. The van der Waals surface area contributed by atoms with E-state index in [4.69, 9.17) is 0 Å². The van der Waals surface area contributed by atoms with Crippen LogP contribution in [-0.2, 0) is 44.4 Å². The van der Waals surface area contributed by atoms with Gasteiger partial charge in [-0.25, -0.2) is 0 Å². The number of anilines is 8. The van der Waals surface area contributed by atoms with Gasteiger partial charge in [-0.1, -0.05) is 213 Å². The van der Waals surface area contributed by atoms with Crippen molar-refractivity contribution < 1.29 is 0 Å². The Bertz CT molecular complexity index is 3700. The van der Waals surface area contributed by atoms with Gasteiger partial charge in [-0.05, 0) is 180 Å². The minimum atomic E-state index is -0.478. The summed E-state index contributed by atoms with van der Waals surface area (Å²) in [5.41, 5.74) is 26.6. The Morgan fingerprint density at radius 1 is 0.397 bits per heavy atom. The highest BCUT2D eigenvalue weighted by molar-refractivity contribution is 7.00. The Morgan fingerprint density at radius 2 is 0.923 bits per heavy atom. The lowest BCUT2D eigenvalue weighted by molar-refractivity contribution is 0.270. The van der Waals surface area contributed by atoms with Gasteiger partial charge in [0, 0.05) is 45.5 Å². The van der Waals surface area contributed by atoms with Crippen LogP contribution in [0, 0.1) is 6.92 Å². The maximum absolute atomic E-state index is 2.78. The van der Waals surface area contributed by atoms with E-state index in [1.54, 1.807) is 0 Å². The standard InChI is InChI=1S/C74H82BN3/c1-47-41-51(69(5,6)7)29-36-61(47)77-63-38-31-53(71(11,12)13)43-60(63)75-59-35-34-56(46-64(59)76(55-32-27-49(28-33-55)68(2,3)4)65-44-54(72(14,15)16)45-66(77)67(65)75)78-62-37-30-52(70(8,9)10)42-58(62)74(50-24-19-18-20-25-50)40-39-48-23-21-22-26-57(48)73(74,78)17/h18-38,41-46H,39-40H2,1-17H3. The number of fused-ring (bicyclic) bond motifs is 9. The van der Waals surface area contributed by atoms with Crippen molar-refractivity contribution in [3.8, 4) is 0 Å². The lowest BCUT2D eigenvalue weighted by Gasteiger charge is -2.53. The summed E-state index contributed by atoms with van der Waals surface area (Å²) in [5.74, 6) is 0. The third-order valence-electron chi connectivity index (χ3n) is 18.8. The average Bonchev–Trinajstić information content (AvgIpc) is 2.08. The Morgan fingerprint density at radius 3 is 1.54 bits per heavy atom. The highest BCUT2D eigenvalue weighted by atomic mass is 15.3. The molecule has 4 heteroatoms. The number of hydrogen-bond donors (Lipinski definition) is 0. The zero-order chi connectivity index (χ0) is 55.4. The third kappa shape index (κ3) is 7.80. The Hall–Kier alpha value is -6.78. The quantitative estimate of drug-likeness (QED) is 0.163. The van der Waals surface area contributed by atoms with Gasteiger partial charge in [-0.2, -0.15) is 0 Å². The molecule has 0 radical (unpaired) electrons. The Labute approximate surface area is 468 Å². The molecule has 0 saturated carbocycles. The topological polar surface area (TPSA) is 9.72 Å². The van der Waals surface area contributed by atoms with Crippen LogP contribution in [0.2, 0.25) is 0 Å². The van der Waals surface area contributed by atoms with Gasteiger partial charge in [0.05, 0.1) is 11.0 Å². The third-order valence-corrected chi connectivity index (χ3v) is 18.8. The zero-order valence-corrected chi connectivity index (χ0v) is 49.9. The Balaban J connectivity index is 1.19. The van der Waals surface area contributed by atoms with Gasteiger partial charge in [-0.3, -0.25) is 0 Å². The fourth-order valence-corrected chi connectivity index (χ4v) is 14.2. The Kier molecular flexibility index (Phi) is 11.6. The van der Waals surface area contributed by atoms with Gasteiger partial charge >= 0.3 is 0 Å². The molecule has 78 heavy (non-hydrogen) atoms. The van der Waals surface area contributed by atoms with E-state index in [0.29, 0.717) is 0 Å². The van der Waals surface area contributed by atoms with E-state index in [1.165, 1.54) is 118 Å². The fraction of sp³-hybridized carbons (Fsp3) is 0.351. The van der Waals surface area contributed by atoms with E-state index in [2.05, 4.69) is 296 Å². The van der Waals surface area contributed by atoms with E-state index >= 15 is 0 Å². The van der Waals surface area contributed by atoms with E-state index in [9.17, 15) is 0 Å². The van der Waals surface area contributed by atoms with Crippen LogP contribution in [0.3, 0.4) is 0 Å². The highest BCUT2D eigenvalue weighted by Gasteiger charge is 2.63. The fourth-order valence-electron chi connectivity index (χ4n) is 14.2. The molecule has 0 amide bonds. The van der Waals surface area contributed by atoms with Gasteiger partial charge < -0.3 is 14.7 Å². The summed E-state index contributed by atoms with van der Waals surface area (Å²) in [6.07, 6.45) is 2.02. The summed E-state index contributed by atoms with van der Waals surface area (Å²) >= 11 is 0. The van der Waals surface area contributed by atoms with E-state index in [-0.39, 0.29) is 39.2 Å². The molecule has 4 aliphatic rings. The number of aryl methyl sites for hydroxylation is 2. The molecular weight excluding hydrogens is 942 g/mol. The predicted molar refractivity (Wildman–Crippen MR) is 337 cm³/mol. The number of nitrogens with zero attached hydrogens (tertiary/aromatic N) is 3. The van der Waals surface area contributed by atoms with Crippen LogP contribution >= 0.6 is 0 Å². The monoisotopic (exact) mass is 1020 g/mol. The summed E-state index contributed by atoms with van der Waals surface area (Å²) < 4.78 is 0. The average molecular weight is 1020 g/mol. The first kappa shape index (κ1) is 52.0. The molecule has 3 aliphatic heterocycles. The largest absolute Gasteiger partial charge is 0.330 e. The minimum Gasteiger partial charge on any atom is -0.330 e. The summed E-state index contributed by atoms with van der Waals surface area (Å²) in [7, 11) is 0. The zero-order valence-electron chi connectivity index (χ0n) is 49.9. The van der Waals surface area contributed by atoms with Crippen molar-refractivity contribution in [1.29, 1.82) is 0 Å². The van der Waals surface area contributed by atoms with Crippen LogP contribution in [-0.4, -0.2) is 6.71 Å². The van der Waals surface area contributed by atoms with Crippen molar-refractivity contribution in [3.63, 3.8) is 0 Å². The second-order valence-electron chi connectivity index (χ2n) is 28.9. The van der Waals surface area contributed by atoms with Crippen molar-refractivity contribution >= 4 is 68.6 Å². The summed E-state index contributed by atoms with van der Waals surface area (Å²) in [5, 5.41) is 0. The molecule has 0 N–H and O–H groups in total. The van der Waals surface area contributed by atoms with E-state index in [1.807, 2.05) is 0 Å². The maximum Gasteiger partial charge on any atom is 0.252 e. The molecule has 0 fully saturated rings. The van der Waals surface area contributed by atoms with Gasteiger partial charge in [0.15, 0.2) is 0 Å². The molecule has 8 aromatic carbocycles. The van der Waals surface area contributed by atoms with Crippen LogP contribution in [0.5, 0.6) is 0 Å². The molecule has 0 bridgehead atoms. The van der Waals surface area contributed by atoms with Gasteiger partial charge in [0.25, 0.3) is 6.71 Å². The SMILES string of the molecule is Cc1cc(C(C)(C)C)ccc1N1c2ccc(C(C)(C)C)cc2B2c3ccc(N4c5ccc(C(C)(C)C)cc5C5(c6ccccc6)CCc6ccccc6C45C)cc3N(c3ccc(C(C)(C)C)cc3)c3cc(C(C)(C)C)cc1c32. The first-order chi connectivity index (χ1) is 36.6. The molecule has 1 aliphatic carbocycles. The van der Waals surface area contributed by atoms with Crippen LogP contribution in [0.25, 0.3) is 0 Å². The molecule has 8 aromatic rings.